The monoisotopic (exact) mass is 401 g/mol. The second-order valence-corrected chi connectivity index (χ2v) is 6.24. The van der Waals surface area contributed by atoms with Crippen LogP contribution in [0.3, 0.4) is 0 Å². The summed E-state index contributed by atoms with van der Waals surface area (Å²) in [6.07, 6.45) is -0.471. The zero-order valence-electron chi connectivity index (χ0n) is 14.9. The molecule has 0 aromatic heterocycles. The van der Waals surface area contributed by atoms with E-state index in [1.807, 2.05) is 5.32 Å². The van der Waals surface area contributed by atoms with Gasteiger partial charge in [0, 0.05) is 6.54 Å². The largest absolute Gasteiger partial charge is 0.481 e. The van der Waals surface area contributed by atoms with Crippen molar-refractivity contribution in [3.05, 3.63) is 0 Å². The first-order valence-corrected chi connectivity index (χ1v) is 8.39. The molecule has 156 valence electrons. The van der Waals surface area contributed by atoms with Crippen molar-refractivity contribution in [2.24, 2.45) is 11.5 Å². The quantitative estimate of drug-likeness (QED) is 0.212. The minimum Gasteiger partial charge on any atom is -0.481 e. The van der Waals surface area contributed by atoms with Gasteiger partial charge in [-0.1, -0.05) is 0 Å². The third kappa shape index (κ3) is 6.83. The highest BCUT2D eigenvalue weighted by molar-refractivity contribution is 5.96. The SMILES string of the molecule is NC(=O)CC(N)C(=O)N1CCCC1C(=O)NC(CC(=O)O)C(=O)NCC(=O)O. The van der Waals surface area contributed by atoms with Crippen LogP contribution in [0.2, 0.25) is 0 Å². The Morgan fingerprint density at radius 2 is 1.71 bits per heavy atom. The maximum absolute atomic E-state index is 12.5. The van der Waals surface area contributed by atoms with Gasteiger partial charge < -0.3 is 37.2 Å². The predicted molar refractivity (Wildman–Crippen MR) is 91.4 cm³/mol. The first-order chi connectivity index (χ1) is 13.0. The number of hydrogen-bond acceptors (Lipinski definition) is 7. The molecule has 1 aliphatic rings. The topological polar surface area (TPSA) is 222 Å². The number of nitrogens with one attached hydrogen (secondary N) is 2. The van der Waals surface area contributed by atoms with Crippen molar-refractivity contribution in [3.8, 4) is 0 Å². The molecule has 3 unspecified atom stereocenters. The average molecular weight is 401 g/mol. The van der Waals surface area contributed by atoms with E-state index >= 15 is 0 Å². The summed E-state index contributed by atoms with van der Waals surface area (Å²) in [5.74, 6) is -5.95. The standard InChI is InChI=1S/C15H23N5O8/c16-7(4-10(17)21)15(28)20-3-1-2-9(20)14(27)19-8(5-11(22)23)13(26)18-6-12(24)25/h7-9H,1-6,16H2,(H2,17,21)(H,18,26)(H,19,27)(H,22,23)(H,24,25). The molecule has 1 fully saturated rings. The molecule has 13 heteroatoms. The number of aliphatic carboxylic acids is 2. The summed E-state index contributed by atoms with van der Waals surface area (Å²) in [4.78, 5) is 70.4. The normalized spacial score (nSPS) is 18.0. The second-order valence-electron chi connectivity index (χ2n) is 6.24. The van der Waals surface area contributed by atoms with Crippen LogP contribution in [-0.4, -0.2) is 81.9 Å². The maximum Gasteiger partial charge on any atom is 0.322 e. The number of nitrogens with two attached hydrogens (primary N) is 2. The molecule has 0 bridgehead atoms. The fourth-order valence-electron chi connectivity index (χ4n) is 2.76. The van der Waals surface area contributed by atoms with Gasteiger partial charge in [-0.05, 0) is 12.8 Å². The Morgan fingerprint density at radius 1 is 1.07 bits per heavy atom. The maximum atomic E-state index is 12.5. The number of nitrogens with zero attached hydrogens (tertiary/aromatic N) is 1. The summed E-state index contributed by atoms with van der Waals surface area (Å²) >= 11 is 0. The molecule has 0 aromatic rings. The molecule has 1 rings (SSSR count). The van der Waals surface area contributed by atoms with Crippen LogP contribution in [0.5, 0.6) is 0 Å². The molecule has 1 heterocycles. The van der Waals surface area contributed by atoms with Crippen LogP contribution >= 0.6 is 0 Å². The molecular formula is C15H23N5O8. The van der Waals surface area contributed by atoms with Gasteiger partial charge in [0.2, 0.25) is 23.6 Å². The molecule has 3 atom stereocenters. The van der Waals surface area contributed by atoms with Crippen LogP contribution in [0.15, 0.2) is 0 Å². The van der Waals surface area contributed by atoms with Crippen molar-refractivity contribution in [1.29, 1.82) is 0 Å². The van der Waals surface area contributed by atoms with Gasteiger partial charge in [-0.25, -0.2) is 0 Å². The third-order valence-electron chi connectivity index (χ3n) is 4.00. The zero-order valence-corrected chi connectivity index (χ0v) is 14.9. The second kappa shape index (κ2) is 10.2. The fourth-order valence-corrected chi connectivity index (χ4v) is 2.76. The summed E-state index contributed by atoms with van der Waals surface area (Å²) in [6.45, 7) is -0.557. The van der Waals surface area contributed by atoms with Crippen molar-refractivity contribution < 1.29 is 39.0 Å². The lowest BCUT2D eigenvalue weighted by Crippen LogP contribution is -2.56. The Labute approximate surface area is 159 Å². The zero-order chi connectivity index (χ0) is 21.4. The molecule has 8 N–H and O–H groups in total. The van der Waals surface area contributed by atoms with Crippen molar-refractivity contribution in [1.82, 2.24) is 15.5 Å². The summed E-state index contributed by atoms with van der Waals surface area (Å²) in [7, 11) is 0. The number of carbonyl (C=O) groups excluding carboxylic acids is 4. The smallest absolute Gasteiger partial charge is 0.322 e. The van der Waals surface area contributed by atoms with E-state index in [1.54, 1.807) is 0 Å². The van der Waals surface area contributed by atoms with Crippen molar-refractivity contribution in [3.63, 3.8) is 0 Å². The van der Waals surface area contributed by atoms with Gasteiger partial charge in [0.1, 0.15) is 18.6 Å². The molecule has 0 spiro atoms. The Morgan fingerprint density at radius 3 is 2.25 bits per heavy atom. The van der Waals surface area contributed by atoms with Gasteiger partial charge in [-0.3, -0.25) is 28.8 Å². The van der Waals surface area contributed by atoms with E-state index in [-0.39, 0.29) is 13.0 Å². The van der Waals surface area contributed by atoms with Crippen molar-refractivity contribution in [2.75, 3.05) is 13.1 Å². The lowest BCUT2D eigenvalue weighted by atomic mass is 10.1. The van der Waals surface area contributed by atoms with E-state index in [9.17, 15) is 28.8 Å². The lowest BCUT2D eigenvalue weighted by Gasteiger charge is -2.27. The van der Waals surface area contributed by atoms with Crippen LogP contribution in [0, 0.1) is 0 Å². The van der Waals surface area contributed by atoms with E-state index < -0.39 is 73.1 Å². The summed E-state index contributed by atoms with van der Waals surface area (Å²) in [6, 6.07) is -3.75. The summed E-state index contributed by atoms with van der Waals surface area (Å²) in [5, 5.41) is 21.7. The minimum atomic E-state index is -1.53. The van der Waals surface area contributed by atoms with E-state index in [0.717, 1.165) is 4.90 Å². The molecule has 4 amide bonds. The molecule has 1 aliphatic heterocycles. The molecule has 13 nitrogen and oxygen atoms in total. The fraction of sp³-hybridized carbons (Fsp3) is 0.600. The predicted octanol–water partition coefficient (Wildman–Crippen LogP) is -3.66. The van der Waals surface area contributed by atoms with Gasteiger partial charge >= 0.3 is 11.9 Å². The first kappa shape index (κ1) is 22.8. The molecular weight excluding hydrogens is 378 g/mol. The van der Waals surface area contributed by atoms with Crippen molar-refractivity contribution in [2.45, 2.75) is 43.8 Å². The molecule has 0 saturated carbocycles. The Kier molecular flexibility index (Phi) is 8.31. The Bertz CT molecular complexity index is 667. The number of carbonyl (C=O) groups is 6. The first-order valence-electron chi connectivity index (χ1n) is 8.39. The molecule has 0 aliphatic carbocycles. The summed E-state index contributed by atoms with van der Waals surface area (Å²) in [5.41, 5.74) is 10.6. The number of carboxylic acids is 2. The molecule has 1 saturated heterocycles. The molecule has 28 heavy (non-hydrogen) atoms. The van der Waals surface area contributed by atoms with Crippen LogP contribution < -0.4 is 22.1 Å². The average Bonchev–Trinajstić information content (AvgIpc) is 3.06. The highest BCUT2D eigenvalue weighted by Gasteiger charge is 2.38. The minimum absolute atomic E-state index is 0.193. The highest BCUT2D eigenvalue weighted by Crippen LogP contribution is 2.19. The number of rotatable bonds is 10. The molecule has 0 radical (unpaired) electrons. The van der Waals surface area contributed by atoms with E-state index in [2.05, 4.69) is 5.32 Å². The Balaban J connectivity index is 2.83. The molecule has 0 aromatic carbocycles. The van der Waals surface area contributed by atoms with Gasteiger partial charge in [0.25, 0.3) is 0 Å². The number of hydrogen-bond donors (Lipinski definition) is 6. The van der Waals surface area contributed by atoms with Crippen LogP contribution in [-0.2, 0) is 28.8 Å². The summed E-state index contributed by atoms with van der Waals surface area (Å²) < 4.78 is 0. The number of primary amides is 1. The van der Waals surface area contributed by atoms with Crippen LogP contribution in [0.1, 0.15) is 25.7 Å². The Hall–Kier alpha value is -3.22. The van der Waals surface area contributed by atoms with Gasteiger partial charge in [0.05, 0.1) is 18.9 Å². The van der Waals surface area contributed by atoms with E-state index in [1.165, 1.54) is 0 Å². The number of carboxylic acid groups (broad SMARTS) is 2. The van der Waals surface area contributed by atoms with Gasteiger partial charge in [-0.2, -0.15) is 0 Å². The van der Waals surface area contributed by atoms with Gasteiger partial charge in [-0.15, -0.1) is 0 Å². The van der Waals surface area contributed by atoms with E-state index in [4.69, 9.17) is 21.7 Å². The van der Waals surface area contributed by atoms with E-state index in [0.29, 0.717) is 6.42 Å². The van der Waals surface area contributed by atoms with Crippen LogP contribution in [0.25, 0.3) is 0 Å². The highest BCUT2D eigenvalue weighted by atomic mass is 16.4. The third-order valence-corrected chi connectivity index (χ3v) is 4.00. The lowest BCUT2D eigenvalue weighted by molar-refractivity contribution is -0.143. The number of likely N-dealkylation sites (tertiary alicyclic amines) is 1. The van der Waals surface area contributed by atoms with Crippen molar-refractivity contribution >= 4 is 35.6 Å². The van der Waals surface area contributed by atoms with Crippen LogP contribution in [0.4, 0.5) is 0 Å². The van der Waals surface area contributed by atoms with Gasteiger partial charge in [0.15, 0.2) is 0 Å². The number of amides is 4.